The number of likely N-dealkylation sites (N-methyl/N-ethyl adjacent to an activating group) is 1. The van der Waals surface area contributed by atoms with Crippen molar-refractivity contribution in [2.45, 2.75) is 38.7 Å². The number of rotatable bonds is 8. The predicted molar refractivity (Wildman–Crippen MR) is 87.4 cm³/mol. The van der Waals surface area contributed by atoms with E-state index in [2.05, 4.69) is 11.9 Å². The van der Waals surface area contributed by atoms with Crippen molar-refractivity contribution in [2.24, 2.45) is 5.92 Å². The molecule has 0 aromatic heterocycles. The number of carbonyl (C=O) groups is 1. The van der Waals surface area contributed by atoms with Crippen LogP contribution >= 0.6 is 0 Å². The smallest absolute Gasteiger partial charge is 0.159 e. The quantitative estimate of drug-likeness (QED) is 0.750. The molecule has 1 aromatic rings. The Morgan fingerprint density at radius 3 is 2.82 bits per heavy atom. The summed E-state index contributed by atoms with van der Waals surface area (Å²) in [5.74, 6) is 1.43. The summed E-state index contributed by atoms with van der Waals surface area (Å²) in [6.45, 7) is 3.45. The zero-order valence-corrected chi connectivity index (χ0v) is 13.6. The van der Waals surface area contributed by atoms with E-state index < -0.39 is 6.10 Å². The molecule has 4 heteroatoms. The van der Waals surface area contributed by atoms with Gasteiger partial charge < -0.3 is 14.7 Å². The van der Waals surface area contributed by atoms with Gasteiger partial charge in [-0.05, 0) is 44.9 Å². The van der Waals surface area contributed by atoms with Gasteiger partial charge in [-0.15, -0.1) is 0 Å². The first kappa shape index (κ1) is 17.0. The lowest BCUT2D eigenvalue weighted by atomic mass is 10.1. The molecule has 1 fully saturated rings. The first-order chi connectivity index (χ1) is 10.5. The fraction of sp³-hybridized carbons (Fsp3) is 0.611. The van der Waals surface area contributed by atoms with Crippen LogP contribution in [-0.2, 0) is 0 Å². The third-order valence-corrected chi connectivity index (χ3v) is 4.25. The van der Waals surface area contributed by atoms with Gasteiger partial charge in [-0.3, -0.25) is 4.79 Å². The Labute approximate surface area is 133 Å². The Kier molecular flexibility index (Phi) is 6.40. The molecule has 0 bridgehead atoms. The lowest BCUT2D eigenvalue weighted by Crippen LogP contribution is -2.35. The number of aliphatic hydroxyl groups excluding tert-OH is 1. The number of benzene rings is 1. The van der Waals surface area contributed by atoms with Crippen LogP contribution in [0.3, 0.4) is 0 Å². The Balaban J connectivity index is 1.73. The molecular formula is C18H27NO3. The average molecular weight is 305 g/mol. The largest absolute Gasteiger partial charge is 0.491 e. The van der Waals surface area contributed by atoms with Crippen LogP contribution in [0.2, 0.25) is 0 Å². The van der Waals surface area contributed by atoms with Crippen molar-refractivity contribution in [3.8, 4) is 5.75 Å². The third kappa shape index (κ3) is 5.43. The van der Waals surface area contributed by atoms with Crippen LogP contribution in [0.25, 0.3) is 0 Å². The van der Waals surface area contributed by atoms with E-state index in [1.54, 1.807) is 24.3 Å². The molecule has 0 radical (unpaired) electrons. The lowest BCUT2D eigenvalue weighted by molar-refractivity contribution is 0.0720. The number of Topliss-reactive ketones (excluding diaryl/α,β-unsaturated/α-hetero) is 1. The molecule has 1 unspecified atom stereocenters. The second-order valence-corrected chi connectivity index (χ2v) is 6.42. The van der Waals surface area contributed by atoms with Gasteiger partial charge in [-0.1, -0.05) is 25.0 Å². The van der Waals surface area contributed by atoms with Crippen LogP contribution in [0.4, 0.5) is 0 Å². The van der Waals surface area contributed by atoms with Gasteiger partial charge in [0, 0.05) is 18.7 Å². The number of ether oxygens (including phenoxy) is 1. The summed E-state index contributed by atoms with van der Waals surface area (Å²) in [7, 11) is 2.05. The van der Waals surface area contributed by atoms with Crippen molar-refractivity contribution in [1.29, 1.82) is 0 Å². The highest BCUT2D eigenvalue weighted by Crippen LogP contribution is 2.25. The number of carbonyl (C=O) groups excluding carboxylic acids is 1. The van der Waals surface area contributed by atoms with E-state index in [0.29, 0.717) is 17.9 Å². The third-order valence-electron chi connectivity index (χ3n) is 4.25. The molecule has 0 amide bonds. The molecule has 2 rings (SSSR count). The minimum atomic E-state index is -0.521. The fourth-order valence-electron chi connectivity index (χ4n) is 3.12. The highest BCUT2D eigenvalue weighted by atomic mass is 16.5. The summed E-state index contributed by atoms with van der Waals surface area (Å²) in [6, 6.07) is 7.09. The first-order valence-corrected chi connectivity index (χ1v) is 8.15. The first-order valence-electron chi connectivity index (χ1n) is 8.15. The summed E-state index contributed by atoms with van der Waals surface area (Å²) in [6.07, 6.45) is 4.80. The second kappa shape index (κ2) is 8.30. The van der Waals surface area contributed by atoms with Crippen LogP contribution in [0.5, 0.6) is 5.75 Å². The highest BCUT2D eigenvalue weighted by Gasteiger charge is 2.18. The summed E-state index contributed by atoms with van der Waals surface area (Å²) >= 11 is 0. The molecule has 0 spiro atoms. The lowest BCUT2D eigenvalue weighted by Gasteiger charge is -2.23. The monoisotopic (exact) mass is 305 g/mol. The fourth-order valence-corrected chi connectivity index (χ4v) is 3.12. The Bertz CT molecular complexity index is 483. The predicted octanol–water partition coefficient (Wildman–Crippen LogP) is 2.75. The maximum absolute atomic E-state index is 11.3. The van der Waals surface area contributed by atoms with Crippen LogP contribution in [0, 0.1) is 5.92 Å². The van der Waals surface area contributed by atoms with Crippen molar-refractivity contribution < 1.29 is 14.6 Å². The van der Waals surface area contributed by atoms with Gasteiger partial charge in [0.05, 0.1) is 0 Å². The molecule has 0 aliphatic heterocycles. The number of aliphatic hydroxyl groups is 1. The van der Waals surface area contributed by atoms with Gasteiger partial charge >= 0.3 is 0 Å². The van der Waals surface area contributed by atoms with Crippen molar-refractivity contribution >= 4 is 5.78 Å². The maximum atomic E-state index is 11.3. The molecule has 1 atom stereocenters. The van der Waals surface area contributed by atoms with Gasteiger partial charge in [-0.2, -0.15) is 0 Å². The van der Waals surface area contributed by atoms with Gasteiger partial charge in [0.15, 0.2) is 5.78 Å². The molecule has 1 N–H and O–H groups in total. The van der Waals surface area contributed by atoms with E-state index in [-0.39, 0.29) is 12.4 Å². The van der Waals surface area contributed by atoms with Crippen molar-refractivity contribution in [3.63, 3.8) is 0 Å². The van der Waals surface area contributed by atoms with E-state index in [4.69, 9.17) is 4.74 Å². The van der Waals surface area contributed by atoms with E-state index in [0.717, 1.165) is 12.5 Å². The number of nitrogens with zero attached hydrogens (tertiary/aromatic N) is 1. The van der Waals surface area contributed by atoms with Crippen molar-refractivity contribution in [1.82, 2.24) is 4.90 Å². The van der Waals surface area contributed by atoms with Crippen LogP contribution in [-0.4, -0.2) is 48.6 Å². The maximum Gasteiger partial charge on any atom is 0.159 e. The number of hydrogen-bond acceptors (Lipinski definition) is 4. The number of ketones is 1. The van der Waals surface area contributed by atoms with Crippen LogP contribution in [0.15, 0.2) is 24.3 Å². The molecule has 22 heavy (non-hydrogen) atoms. The summed E-state index contributed by atoms with van der Waals surface area (Å²) in [5, 5.41) is 10.1. The van der Waals surface area contributed by atoms with Gasteiger partial charge in [0.25, 0.3) is 0 Å². The number of hydrogen-bond donors (Lipinski definition) is 1. The van der Waals surface area contributed by atoms with Gasteiger partial charge in [0.1, 0.15) is 18.5 Å². The van der Waals surface area contributed by atoms with E-state index in [1.807, 2.05) is 0 Å². The Morgan fingerprint density at radius 1 is 1.41 bits per heavy atom. The summed E-state index contributed by atoms with van der Waals surface area (Å²) in [5.41, 5.74) is 0.630. The normalized spacial score (nSPS) is 16.9. The van der Waals surface area contributed by atoms with Crippen molar-refractivity contribution in [2.75, 3.05) is 26.7 Å². The van der Waals surface area contributed by atoms with E-state index in [1.165, 1.54) is 32.6 Å². The average Bonchev–Trinajstić information content (AvgIpc) is 2.98. The van der Waals surface area contributed by atoms with E-state index >= 15 is 0 Å². The zero-order valence-electron chi connectivity index (χ0n) is 13.6. The van der Waals surface area contributed by atoms with E-state index in [9.17, 15) is 9.90 Å². The van der Waals surface area contributed by atoms with Gasteiger partial charge in [-0.25, -0.2) is 0 Å². The summed E-state index contributed by atoms with van der Waals surface area (Å²) < 4.78 is 5.60. The van der Waals surface area contributed by atoms with Crippen molar-refractivity contribution in [3.05, 3.63) is 29.8 Å². The second-order valence-electron chi connectivity index (χ2n) is 6.42. The SMILES string of the molecule is CC(=O)c1cccc(OCC(O)CN(C)CC2CCCC2)c1. The zero-order chi connectivity index (χ0) is 15.9. The summed E-state index contributed by atoms with van der Waals surface area (Å²) in [4.78, 5) is 13.5. The molecule has 122 valence electrons. The molecule has 0 heterocycles. The minimum Gasteiger partial charge on any atom is -0.491 e. The molecule has 0 saturated heterocycles. The molecule has 4 nitrogen and oxygen atoms in total. The molecule has 1 aromatic carbocycles. The van der Waals surface area contributed by atoms with Crippen LogP contribution in [0.1, 0.15) is 43.0 Å². The standard InChI is InChI=1S/C18H27NO3/c1-14(20)16-8-5-9-18(10-16)22-13-17(21)12-19(2)11-15-6-3-4-7-15/h5,8-10,15,17,21H,3-4,6-7,11-13H2,1-2H3. The minimum absolute atomic E-state index is 0.0160. The molecule has 1 aliphatic carbocycles. The Morgan fingerprint density at radius 2 is 2.14 bits per heavy atom. The Hall–Kier alpha value is -1.39. The topological polar surface area (TPSA) is 49.8 Å². The highest BCUT2D eigenvalue weighted by molar-refractivity contribution is 5.94. The van der Waals surface area contributed by atoms with Gasteiger partial charge in [0.2, 0.25) is 0 Å². The molecular weight excluding hydrogens is 278 g/mol. The van der Waals surface area contributed by atoms with Crippen LogP contribution < -0.4 is 4.74 Å². The molecule has 1 aliphatic rings. The molecule has 1 saturated carbocycles.